The number of carbonyl (C=O) groups excluding carboxylic acids is 2. The average Bonchev–Trinajstić information content (AvgIpc) is 2.77. The number of carbonyl (C=O) groups is 2. The van der Waals surface area contributed by atoms with Crippen LogP contribution in [0, 0.1) is 0 Å². The van der Waals surface area contributed by atoms with Gasteiger partial charge in [-0.25, -0.2) is 0 Å². The lowest BCUT2D eigenvalue weighted by molar-refractivity contribution is -0.141. The molecule has 8 heteroatoms. The summed E-state index contributed by atoms with van der Waals surface area (Å²) in [6.45, 7) is 0.903. The monoisotopic (exact) mass is 434 g/mol. The molecule has 2 N–H and O–H groups in total. The van der Waals surface area contributed by atoms with E-state index in [4.69, 9.17) is 19.9 Å². The third kappa shape index (κ3) is 4.68. The maximum Gasteiger partial charge on any atom is 0.307 e. The molecule has 7 nitrogen and oxygen atoms in total. The highest BCUT2D eigenvalue weighted by Crippen LogP contribution is 2.40. The summed E-state index contributed by atoms with van der Waals surface area (Å²) in [5.74, 6) is 0.666. The number of hydrogen-bond acceptors (Lipinski definition) is 6. The first kappa shape index (κ1) is 23.5. The second-order valence-corrected chi connectivity index (χ2v) is 6.85. The van der Waals surface area contributed by atoms with Crippen molar-refractivity contribution in [2.24, 2.45) is 5.73 Å². The van der Waals surface area contributed by atoms with E-state index in [-0.39, 0.29) is 30.7 Å². The van der Waals surface area contributed by atoms with E-state index in [2.05, 4.69) is 0 Å². The molecule has 1 aliphatic rings. The molecule has 1 atom stereocenters. The SMILES string of the molecule is COC(=O)CC1c2cc(OC)c(OC)cc2CCN1C(=O)c1ccc(CN)cc1.Cl. The molecule has 0 aromatic heterocycles. The molecule has 1 unspecified atom stereocenters. The second-order valence-electron chi connectivity index (χ2n) is 6.85. The zero-order valence-electron chi connectivity index (χ0n) is 17.3. The Kier molecular flexibility index (Phi) is 8.08. The van der Waals surface area contributed by atoms with Crippen LogP contribution in [0.3, 0.4) is 0 Å². The molecule has 162 valence electrons. The van der Waals surface area contributed by atoms with E-state index < -0.39 is 6.04 Å². The van der Waals surface area contributed by atoms with Crippen molar-refractivity contribution in [3.63, 3.8) is 0 Å². The van der Waals surface area contributed by atoms with Gasteiger partial charge in [-0.1, -0.05) is 12.1 Å². The number of fused-ring (bicyclic) bond motifs is 1. The van der Waals surface area contributed by atoms with Crippen LogP contribution in [0.15, 0.2) is 36.4 Å². The summed E-state index contributed by atoms with van der Waals surface area (Å²) in [5.41, 5.74) is 9.05. The lowest BCUT2D eigenvalue weighted by Gasteiger charge is -2.37. The number of esters is 1. The van der Waals surface area contributed by atoms with Crippen LogP contribution in [0.2, 0.25) is 0 Å². The van der Waals surface area contributed by atoms with E-state index >= 15 is 0 Å². The molecule has 0 saturated carbocycles. The Hall–Kier alpha value is -2.77. The predicted octanol–water partition coefficient (Wildman–Crippen LogP) is 2.89. The first-order valence-electron chi connectivity index (χ1n) is 9.44. The number of ether oxygens (including phenoxy) is 3. The number of nitrogens with two attached hydrogens (primary N) is 1. The molecule has 3 rings (SSSR count). The van der Waals surface area contributed by atoms with E-state index in [0.717, 1.165) is 16.7 Å². The predicted molar refractivity (Wildman–Crippen MR) is 115 cm³/mol. The first-order valence-corrected chi connectivity index (χ1v) is 9.44. The molecule has 0 bridgehead atoms. The maximum atomic E-state index is 13.3. The lowest BCUT2D eigenvalue weighted by atomic mass is 9.89. The van der Waals surface area contributed by atoms with Crippen molar-refractivity contribution in [1.29, 1.82) is 0 Å². The standard InChI is InChI=1S/C22H26N2O5.ClH/c1-27-19-10-16-8-9-24(22(26)15-6-4-14(13-23)5-7-15)18(12-21(25)29-3)17(16)11-20(19)28-2;/h4-7,10-11,18H,8-9,12-13,23H2,1-3H3;1H. The van der Waals surface area contributed by atoms with Gasteiger partial charge in [0.15, 0.2) is 11.5 Å². The highest BCUT2D eigenvalue weighted by molar-refractivity contribution is 5.95. The molecule has 0 aliphatic carbocycles. The van der Waals surface area contributed by atoms with Gasteiger partial charge in [-0.15, -0.1) is 12.4 Å². The molecule has 1 heterocycles. The van der Waals surface area contributed by atoms with Crippen LogP contribution >= 0.6 is 12.4 Å². The molecule has 2 aromatic rings. The number of halogens is 1. The highest BCUT2D eigenvalue weighted by Gasteiger charge is 2.34. The average molecular weight is 435 g/mol. The Morgan fingerprint density at radius 1 is 1.07 bits per heavy atom. The molecule has 0 spiro atoms. The van der Waals surface area contributed by atoms with E-state index in [1.54, 1.807) is 31.3 Å². The molecule has 0 saturated heterocycles. The molecule has 1 amide bonds. The van der Waals surface area contributed by atoms with E-state index in [0.29, 0.717) is 36.6 Å². The Morgan fingerprint density at radius 3 is 2.27 bits per heavy atom. The van der Waals surface area contributed by atoms with Gasteiger partial charge in [0.2, 0.25) is 0 Å². The van der Waals surface area contributed by atoms with Crippen molar-refractivity contribution in [3.8, 4) is 11.5 Å². The van der Waals surface area contributed by atoms with Gasteiger partial charge < -0.3 is 24.8 Å². The third-order valence-electron chi connectivity index (χ3n) is 5.29. The van der Waals surface area contributed by atoms with Gasteiger partial charge in [-0.05, 0) is 47.4 Å². The smallest absolute Gasteiger partial charge is 0.307 e. The molecule has 0 radical (unpaired) electrons. The fraction of sp³-hybridized carbons (Fsp3) is 0.364. The van der Waals surface area contributed by atoms with Crippen LogP contribution in [0.4, 0.5) is 0 Å². The number of amides is 1. The van der Waals surface area contributed by atoms with E-state index in [1.165, 1.54) is 7.11 Å². The lowest BCUT2D eigenvalue weighted by Crippen LogP contribution is -2.41. The highest BCUT2D eigenvalue weighted by atomic mass is 35.5. The first-order chi connectivity index (χ1) is 14.0. The van der Waals surface area contributed by atoms with Crippen molar-refractivity contribution in [2.45, 2.75) is 25.4 Å². The maximum absolute atomic E-state index is 13.3. The normalized spacial score (nSPS) is 14.9. The quantitative estimate of drug-likeness (QED) is 0.703. The summed E-state index contributed by atoms with van der Waals surface area (Å²) < 4.78 is 15.7. The van der Waals surface area contributed by atoms with Crippen LogP contribution in [0.25, 0.3) is 0 Å². The van der Waals surface area contributed by atoms with Gasteiger partial charge in [0.25, 0.3) is 5.91 Å². The van der Waals surface area contributed by atoms with Crippen molar-refractivity contribution in [2.75, 3.05) is 27.9 Å². The van der Waals surface area contributed by atoms with Crippen molar-refractivity contribution < 1.29 is 23.8 Å². The zero-order chi connectivity index (χ0) is 21.0. The summed E-state index contributed by atoms with van der Waals surface area (Å²) >= 11 is 0. The Morgan fingerprint density at radius 2 is 1.70 bits per heavy atom. The van der Waals surface area contributed by atoms with Gasteiger partial charge in [-0.3, -0.25) is 9.59 Å². The number of benzene rings is 2. The minimum atomic E-state index is -0.451. The number of nitrogens with zero attached hydrogens (tertiary/aromatic N) is 1. The van der Waals surface area contributed by atoms with Gasteiger partial charge in [0.05, 0.1) is 33.8 Å². The van der Waals surface area contributed by atoms with Crippen LogP contribution in [0.5, 0.6) is 11.5 Å². The van der Waals surface area contributed by atoms with Crippen LogP contribution in [0.1, 0.15) is 39.5 Å². The summed E-state index contributed by atoms with van der Waals surface area (Å²) in [7, 11) is 4.49. The van der Waals surface area contributed by atoms with Gasteiger partial charge in [-0.2, -0.15) is 0 Å². The summed E-state index contributed by atoms with van der Waals surface area (Å²) in [6.07, 6.45) is 0.714. The van der Waals surface area contributed by atoms with Crippen LogP contribution in [-0.2, 0) is 22.5 Å². The summed E-state index contributed by atoms with van der Waals surface area (Å²) in [6, 6.07) is 10.5. The minimum absolute atomic E-state index is 0. The van der Waals surface area contributed by atoms with Gasteiger partial charge in [0, 0.05) is 18.7 Å². The fourth-order valence-corrected chi connectivity index (χ4v) is 3.68. The molecule has 1 aliphatic heterocycles. The van der Waals surface area contributed by atoms with Gasteiger partial charge >= 0.3 is 5.97 Å². The number of methoxy groups -OCH3 is 3. The largest absolute Gasteiger partial charge is 0.493 e. The third-order valence-corrected chi connectivity index (χ3v) is 5.29. The molecular formula is C22H27ClN2O5. The Bertz CT molecular complexity index is 901. The second kappa shape index (κ2) is 10.3. The minimum Gasteiger partial charge on any atom is -0.493 e. The Labute approximate surface area is 182 Å². The van der Waals surface area contributed by atoms with Crippen molar-refractivity contribution >= 4 is 24.3 Å². The van der Waals surface area contributed by atoms with Crippen molar-refractivity contribution in [1.82, 2.24) is 4.90 Å². The number of rotatable bonds is 6. The molecule has 2 aromatic carbocycles. The van der Waals surface area contributed by atoms with Crippen molar-refractivity contribution in [3.05, 3.63) is 58.7 Å². The fourth-order valence-electron chi connectivity index (χ4n) is 3.68. The van der Waals surface area contributed by atoms with Crippen LogP contribution < -0.4 is 15.2 Å². The number of hydrogen-bond donors (Lipinski definition) is 1. The summed E-state index contributed by atoms with van der Waals surface area (Å²) in [5, 5.41) is 0. The molecule has 0 fully saturated rings. The topological polar surface area (TPSA) is 91.1 Å². The van der Waals surface area contributed by atoms with Gasteiger partial charge in [0.1, 0.15) is 0 Å². The Balaban J connectivity index is 0.00000320. The van der Waals surface area contributed by atoms with E-state index in [9.17, 15) is 9.59 Å². The summed E-state index contributed by atoms with van der Waals surface area (Å²) in [4.78, 5) is 27.1. The molecule has 30 heavy (non-hydrogen) atoms. The molecular weight excluding hydrogens is 408 g/mol. The van der Waals surface area contributed by atoms with E-state index in [1.807, 2.05) is 24.3 Å². The van der Waals surface area contributed by atoms with Crippen LogP contribution in [-0.4, -0.2) is 44.7 Å². The zero-order valence-corrected chi connectivity index (χ0v) is 18.2.